The van der Waals surface area contributed by atoms with Crippen LogP contribution in [0, 0.1) is 5.92 Å². The first-order chi connectivity index (χ1) is 9.38. The summed E-state index contributed by atoms with van der Waals surface area (Å²) in [6.45, 7) is 0. The fourth-order valence-corrected chi connectivity index (χ4v) is 3.16. The molecule has 0 amide bonds. The van der Waals surface area contributed by atoms with E-state index in [0.717, 1.165) is 19.1 Å². The summed E-state index contributed by atoms with van der Waals surface area (Å²) in [7, 11) is -3.25. The van der Waals surface area contributed by atoms with Gasteiger partial charge in [-0.2, -0.15) is 0 Å². The minimum absolute atomic E-state index is 0.216. The van der Waals surface area contributed by atoms with E-state index in [1.165, 1.54) is 12.1 Å². The zero-order valence-electron chi connectivity index (χ0n) is 11.3. The van der Waals surface area contributed by atoms with Crippen LogP contribution in [0.1, 0.15) is 30.7 Å². The van der Waals surface area contributed by atoms with Gasteiger partial charge in [0.15, 0.2) is 9.84 Å². The molecule has 1 N–H and O–H groups in total. The number of hydrogen-bond acceptors (Lipinski definition) is 3. The molecule has 1 aliphatic rings. The van der Waals surface area contributed by atoms with Crippen LogP contribution in [-0.4, -0.2) is 25.7 Å². The summed E-state index contributed by atoms with van der Waals surface area (Å²) in [4.78, 5) is 11.6. The Kier molecular flexibility index (Phi) is 4.28. The Morgan fingerprint density at radius 1 is 1.25 bits per heavy atom. The van der Waals surface area contributed by atoms with E-state index < -0.39 is 21.7 Å². The fourth-order valence-electron chi connectivity index (χ4n) is 2.53. The molecule has 0 heterocycles. The van der Waals surface area contributed by atoms with Crippen molar-refractivity contribution in [1.29, 1.82) is 0 Å². The number of sulfone groups is 1. The second-order valence-electron chi connectivity index (χ2n) is 5.28. The van der Waals surface area contributed by atoms with Gasteiger partial charge in [-0.25, -0.2) is 8.42 Å². The van der Waals surface area contributed by atoms with Crippen LogP contribution in [0.5, 0.6) is 0 Å². The molecule has 2 rings (SSSR count). The Balaban J connectivity index is 2.19. The number of carboxylic acid groups (broad SMARTS) is 1. The van der Waals surface area contributed by atoms with E-state index in [1.54, 1.807) is 12.1 Å². The molecule has 4 nitrogen and oxygen atoms in total. The summed E-state index contributed by atoms with van der Waals surface area (Å²) in [5.41, 5.74) is 0.664. The molecule has 0 spiro atoms. The van der Waals surface area contributed by atoms with Crippen molar-refractivity contribution in [2.24, 2.45) is 5.92 Å². The van der Waals surface area contributed by atoms with Crippen molar-refractivity contribution in [2.75, 3.05) is 6.26 Å². The number of aliphatic carboxylic acids is 1. The largest absolute Gasteiger partial charge is 0.481 e. The lowest BCUT2D eigenvalue weighted by Crippen LogP contribution is -2.15. The molecule has 1 unspecified atom stereocenters. The zero-order chi connectivity index (χ0) is 14.8. The third kappa shape index (κ3) is 3.48. The summed E-state index contributed by atoms with van der Waals surface area (Å²) >= 11 is 0. The second-order valence-corrected chi connectivity index (χ2v) is 7.29. The Bertz CT molecular complexity index is 606. The lowest BCUT2D eigenvalue weighted by molar-refractivity contribution is -0.139. The summed E-state index contributed by atoms with van der Waals surface area (Å²) < 4.78 is 22.8. The van der Waals surface area contributed by atoms with Crippen LogP contribution in [0.4, 0.5) is 0 Å². The molecule has 1 aliphatic carbocycles. The third-order valence-electron chi connectivity index (χ3n) is 3.68. The number of hydrogen-bond donors (Lipinski definition) is 1. The van der Waals surface area contributed by atoms with Gasteiger partial charge in [0.05, 0.1) is 10.8 Å². The Morgan fingerprint density at radius 3 is 2.25 bits per heavy atom. The van der Waals surface area contributed by atoms with Crippen LogP contribution >= 0.6 is 0 Å². The normalized spacial score (nSPS) is 17.2. The summed E-state index contributed by atoms with van der Waals surface area (Å²) in [5, 5.41) is 9.38. The van der Waals surface area contributed by atoms with Crippen molar-refractivity contribution >= 4 is 15.8 Å². The van der Waals surface area contributed by atoms with Crippen molar-refractivity contribution in [3.63, 3.8) is 0 Å². The molecule has 0 radical (unpaired) electrons. The highest BCUT2D eigenvalue weighted by Crippen LogP contribution is 2.31. The molecule has 0 aliphatic heterocycles. The van der Waals surface area contributed by atoms with Gasteiger partial charge in [0.1, 0.15) is 0 Å². The highest BCUT2D eigenvalue weighted by atomic mass is 32.2. The van der Waals surface area contributed by atoms with Crippen molar-refractivity contribution in [2.45, 2.75) is 30.1 Å². The molecule has 5 heteroatoms. The van der Waals surface area contributed by atoms with E-state index in [0.29, 0.717) is 17.9 Å². The van der Waals surface area contributed by atoms with Crippen LogP contribution in [0.15, 0.2) is 41.3 Å². The highest BCUT2D eigenvalue weighted by molar-refractivity contribution is 7.90. The van der Waals surface area contributed by atoms with Crippen LogP contribution < -0.4 is 0 Å². The molecular weight excluding hydrogens is 276 g/mol. The number of benzene rings is 1. The van der Waals surface area contributed by atoms with E-state index in [9.17, 15) is 18.3 Å². The maximum absolute atomic E-state index is 11.4. The third-order valence-corrected chi connectivity index (χ3v) is 4.81. The lowest BCUT2D eigenvalue weighted by atomic mass is 9.88. The summed E-state index contributed by atoms with van der Waals surface area (Å²) in [6, 6.07) is 6.18. The van der Waals surface area contributed by atoms with Crippen LogP contribution in [0.3, 0.4) is 0 Å². The molecule has 0 bridgehead atoms. The monoisotopic (exact) mass is 294 g/mol. The molecule has 0 saturated heterocycles. The SMILES string of the molecule is CS(=O)(=O)c1ccc(C(CC2CC=CC2)C(=O)O)cc1. The molecule has 0 aromatic heterocycles. The molecular formula is C15H18O4S. The number of rotatable bonds is 5. The molecule has 1 atom stereocenters. The van der Waals surface area contributed by atoms with Gasteiger partial charge in [0, 0.05) is 6.26 Å². The first-order valence-electron chi connectivity index (χ1n) is 6.55. The average molecular weight is 294 g/mol. The molecule has 0 fully saturated rings. The van der Waals surface area contributed by atoms with Crippen molar-refractivity contribution in [1.82, 2.24) is 0 Å². The van der Waals surface area contributed by atoms with Crippen LogP contribution in [-0.2, 0) is 14.6 Å². The van der Waals surface area contributed by atoms with Crippen LogP contribution in [0.25, 0.3) is 0 Å². The quantitative estimate of drug-likeness (QED) is 0.847. The highest BCUT2D eigenvalue weighted by Gasteiger charge is 2.25. The topological polar surface area (TPSA) is 71.4 Å². The van der Waals surface area contributed by atoms with Gasteiger partial charge in [-0.05, 0) is 42.9 Å². The number of carboxylic acids is 1. The van der Waals surface area contributed by atoms with Gasteiger partial charge < -0.3 is 5.11 Å². The Labute approximate surface area is 119 Å². The Hall–Kier alpha value is -1.62. The molecule has 20 heavy (non-hydrogen) atoms. The minimum Gasteiger partial charge on any atom is -0.481 e. The maximum Gasteiger partial charge on any atom is 0.310 e. The number of allylic oxidation sites excluding steroid dienone is 2. The van der Waals surface area contributed by atoms with Gasteiger partial charge in [-0.15, -0.1) is 0 Å². The predicted molar refractivity (Wildman–Crippen MR) is 76.4 cm³/mol. The average Bonchev–Trinajstić information content (AvgIpc) is 2.87. The number of carbonyl (C=O) groups is 1. The van der Waals surface area contributed by atoms with Crippen molar-refractivity contribution in [3.05, 3.63) is 42.0 Å². The van der Waals surface area contributed by atoms with Gasteiger partial charge in [0.2, 0.25) is 0 Å². The van der Waals surface area contributed by atoms with E-state index in [4.69, 9.17) is 0 Å². The lowest BCUT2D eigenvalue weighted by Gasteiger charge is -2.17. The maximum atomic E-state index is 11.4. The van der Waals surface area contributed by atoms with E-state index >= 15 is 0 Å². The van der Waals surface area contributed by atoms with Gasteiger partial charge in [0.25, 0.3) is 0 Å². The minimum atomic E-state index is -3.25. The van der Waals surface area contributed by atoms with Gasteiger partial charge >= 0.3 is 5.97 Å². The van der Waals surface area contributed by atoms with Crippen molar-refractivity contribution < 1.29 is 18.3 Å². The van der Waals surface area contributed by atoms with E-state index in [1.807, 2.05) is 0 Å². The summed E-state index contributed by atoms with van der Waals surface area (Å²) in [6.07, 6.45) is 7.73. The van der Waals surface area contributed by atoms with E-state index in [-0.39, 0.29) is 4.90 Å². The molecule has 1 aromatic carbocycles. The first-order valence-corrected chi connectivity index (χ1v) is 8.45. The van der Waals surface area contributed by atoms with E-state index in [2.05, 4.69) is 12.2 Å². The molecule has 0 saturated carbocycles. The van der Waals surface area contributed by atoms with Gasteiger partial charge in [-0.3, -0.25) is 4.79 Å². The van der Waals surface area contributed by atoms with Crippen molar-refractivity contribution in [3.8, 4) is 0 Å². The first kappa shape index (κ1) is 14.8. The standard InChI is InChI=1S/C15H18O4S/c1-20(18,19)13-8-6-12(7-9-13)14(15(16)17)10-11-4-2-3-5-11/h2-3,6-9,11,14H,4-5,10H2,1H3,(H,16,17). The molecule has 1 aromatic rings. The smallest absolute Gasteiger partial charge is 0.310 e. The zero-order valence-corrected chi connectivity index (χ0v) is 12.1. The predicted octanol–water partition coefficient (Wildman–Crippen LogP) is 2.61. The van der Waals surface area contributed by atoms with Gasteiger partial charge in [-0.1, -0.05) is 24.3 Å². The van der Waals surface area contributed by atoms with Crippen LogP contribution in [0.2, 0.25) is 0 Å². The summed E-state index contributed by atoms with van der Waals surface area (Å²) in [5.74, 6) is -1.07. The Morgan fingerprint density at radius 2 is 1.80 bits per heavy atom. The fraction of sp³-hybridized carbons (Fsp3) is 0.400. The molecule has 108 valence electrons. The second kappa shape index (κ2) is 5.79.